The molecule has 154 valence electrons. The van der Waals surface area contributed by atoms with Crippen LogP contribution in [0.15, 0.2) is 58.8 Å². The summed E-state index contributed by atoms with van der Waals surface area (Å²) >= 11 is 1.56. The summed E-state index contributed by atoms with van der Waals surface area (Å²) in [4.78, 5) is 7.02. The first kappa shape index (κ1) is 20.4. The van der Waals surface area contributed by atoms with Crippen LogP contribution in [-0.4, -0.2) is 38.9 Å². The molecule has 0 aliphatic carbocycles. The molecule has 1 aliphatic heterocycles. The minimum atomic E-state index is -3.54. The van der Waals surface area contributed by atoms with Gasteiger partial charge in [-0.05, 0) is 37.1 Å². The third-order valence-electron chi connectivity index (χ3n) is 5.32. The molecule has 4 rings (SSSR count). The molecule has 0 amide bonds. The van der Waals surface area contributed by atoms with E-state index in [-0.39, 0.29) is 10.5 Å². The fraction of sp³-hybridized carbons (Fsp3) is 0.273. The van der Waals surface area contributed by atoms with Crippen LogP contribution in [0.25, 0.3) is 11.3 Å². The summed E-state index contributed by atoms with van der Waals surface area (Å²) in [6.07, 6.45) is 1.02. The third kappa shape index (κ3) is 3.91. The summed E-state index contributed by atoms with van der Waals surface area (Å²) in [5, 5.41) is 11.7. The van der Waals surface area contributed by atoms with Crippen molar-refractivity contribution in [2.75, 3.05) is 25.1 Å². The van der Waals surface area contributed by atoms with Crippen molar-refractivity contribution in [2.45, 2.75) is 23.0 Å². The van der Waals surface area contributed by atoms with Gasteiger partial charge in [0.1, 0.15) is 11.8 Å². The lowest BCUT2D eigenvalue weighted by molar-refractivity contribution is 0.415. The summed E-state index contributed by atoms with van der Waals surface area (Å²) in [6.45, 7) is 1.23. The van der Waals surface area contributed by atoms with Gasteiger partial charge in [-0.15, -0.1) is 11.3 Å². The summed E-state index contributed by atoms with van der Waals surface area (Å²) in [6, 6.07) is 16.2. The van der Waals surface area contributed by atoms with Gasteiger partial charge in [-0.3, -0.25) is 0 Å². The molecular formula is C22H21N3O3S2. The number of hydrogen-bond donors (Lipinski definition) is 0. The van der Waals surface area contributed by atoms with Gasteiger partial charge in [-0.25, -0.2) is 13.4 Å². The van der Waals surface area contributed by atoms with Gasteiger partial charge >= 0.3 is 0 Å². The number of ether oxygens (including phenoxy) is 1. The molecule has 30 heavy (non-hydrogen) atoms. The Morgan fingerprint density at radius 1 is 1.17 bits per heavy atom. The number of sulfone groups is 1. The summed E-state index contributed by atoms with van der Waals surface area (Å²) in [5.41, 5.74) is 2.08. The van der Waals surface area contributed by atoms with Gasteiger partial charge in [0, 0.05) is 24.0 Å². The van der Waals surface area contributed by atoms with Crippen LogP contribution < -0.4 is 9.64 Å². The van der Waals surface area contributed by atoms with Gasteiger partial charge in [0.15, 0.2) is 15.0 Å². The van der Waals surface area contributed by atoms with Gasteiger partial charge in [0.2, 0.25) is 0 Å². The molecule has 1 fully saturated rings. The lowest BCUT2D eigenvalue weighted by Crippen LogP contribution is -2.39. The number of rotatable bonds is 5. The number of nitrogens with zero attached hydrogens (tertiary/aromatic N) is 3. The molecule has 8 heteroatoms. The first-order valence-corrected chi connectivity index (χ1v) is 12.0. The molecule has 0 bridgehead atoms. The van der Waals surface area contributed by atoms with Gasteiger partial charge in [-0.2, -0.15) is 5.26 Å². The zero-order chi connectivity index (χ0) is 21.1. The molecule has 1 aliphatic rings. The van der Waals surface area contributed by atoms with Crippen LogP contribution in [0.2, 0.25) is 0 Å². The Bertz CT molecular complexity index is 1190. The Balaban J connectivity index is 1.48. The van der Waals surface area contributed by atoms with E-state index in [0.717, 1.165) is 22.1 Å². The number of anilines is 1. The second kappa shape index (κ2) is 8.46. The van der Waals surface area contributed by atoms with Gasteiger partial charge in [0.25, 0.3) is 0 Å². The number of benzene rings is 2. The number of thiazole rings is 1. The van der Waals surface area contributed by atoms with Crippen molar-refractivity contribution >= 4 is 26.3 Å². The lowest BCUT2D eigenvalue weighted by Gasteiger charge is -2.31. The molecule has 2 heterocycles. The summed E-state index contributed by atoms with van der Waals surface area (Å²) in [7, 11) is -1.90. The summed E-state index contributed by atoms with van der Waals surface area (Å²) < 4.78 is 31.4. The van der Waals surface area contributed by atoms with E-state index in [2.05, 4.69) is 4.90 Å². The highest BCUT2D eigenvalue weighted by Crippen LogP contribution is 2.33. The summed E-state index contributed by atoms with van der Waals surface area (Å²) in [5.74, 6) is 0.783. The quantitative estimate of drug-likeness (QED) is 0.594. The van der Waals surface area contributed by atoms with Crippen molar-refractivity contribution in [1.29, 1.82) is 5.26 Å². The largest absolute Gasteiger partial charge is 0.497 e. The van der Waals surface area contributed by atoms with E-state index in [1.54, 1.807) is 36.6 Å². The minimum Gasteiger partial charge on any atom is -0.497 e. The zero-order valence-corrected chi connectivity index (χ0v) is 18.1. The third-order valence-corrected chi connectivity index (χ3v) is 8.54. The van der Waals surface area contributed by atoms with E-state index in [1.807, 2.05) is 35.7 Å². The predicted octanol–water partition coefficient (Wildman–Crippen LogP) is 4.13. The van der Waals surface area contributed by atoms with E-state index in [4.69, 9.17) is 9.72 Å². The van der Waals surface area contributed by atoms with Crippen molar-refractivity contribution in [3.8, 4) is 23.1 Å². The molecular weight excluding hydrogens is 418 g/mol. The fourth-order valence-corrected chi connectivity index (χ4v) is 6.44. The molecule has 0 saturated carbocycles. The van der Waals surface area contributed by atoms with E-state index < -0.39 is 15.1 Å². The Morgan fingerprint density at radius 3 is 2.67 bits per heavy atom. The zero-order valence-electron chi connectivity index (χ0n) is 16.5. The van der Waals surface area contributed by atoms with Crippen LogP contribution in [0, 0.1) is 11.3 Å². The van der Waals surface area contributed by atoms with Crippen molar-refractivity contribution < 1.29 is 13.2 Å². The Labute approximate surface area is 180 Å². The van der Waals surface area contributed by atoms with E-state index in [1.165, 1.54) is 6.07 Å². The van der Waals surface area contributed by atoms with Crippen LogP contribution in [0.4, 0.5) is 5.13 Å². The average Bonchev–Trinajstić information content (AvgIpc) is 3.29. The van der Waals surface area contributed by atoms with Crippen molar-refractivity contribution in [3.63, 3.8) is 0 Å². The number of methoxy groups -OCH3 is 1. The Hall–Kier alpha value is -2.89. The minimum absolute atomic E-state index is 0.139. The predicted molar refractivity (Wildman–Crippen MR) is 118 cm³/mol. The maximum absolute atomic E-state index is 13.1. The molecule has 6 nitrogen and oxygen atoms in total. The number of nitriles is 1. The van der Waals surface area contributed by atoms with Crippen molar-refractivity contribution in [3.05, 3.63) is 59.5 Å². The van der Waals surface area contributed by atoms with Crippen LogP contribution >= 0.6 is 11.3 Å². The molecule has 1 aromatic heterocycles. The van der Waals surface area contributed by atoms with Gasteiger partial charge in [-0.1, -0.05) is 24.3 Å². The Morgan fingerprint density at radius 2 is 1.93 bits per heavy atom. The molecule has 0 atom stereocenters. The fourth-order valence-electron chi connectivity index (χ4n) is 3.67. The number of aromatic nitrogens is 1. The molecule has 0 spiro atoms. The number of hydrogen-bond acceptors (Lipinski definition) is 7. The monoisotopic (exact) mass is 439 g/mol. The normalized spacial score (nSPS) is 15.0. The second-order valence-electron chi connectivity index (χ2n) is 7.09. The highest BCUT2D eigenvalue weighted by molar-refractivity contribution is 7.92. The van der Waals surface area contributed by atoms with Crippen LogP contribution in [-0.2, 0) is 9.84 Å². The average molecular weight is 440 g/mol. The van der Waals surface area contributed by atoms with E-state index in [0.29, 0.717) is 25.9 Å². The maximum Gasteiger partial charge on any atom is 0.185 e. The standard InChI is InChI=1S/C22H21N3O3S2/c1-28-18-7-4-6-16(13-18)20-15-29-22(24-20)25-11-9-19(10-12-25)30(26,27)21-8-3-2-5-17(21)14-23/h2-8,13,15,19H,9-12H2,1H3. The molecule has 0 unspecified atom stereocenters. The smallest absolute Gasteiger partial charge is 0.185 e. The molecule has 3 aromatic rings. The highest BCUT2D eigenvalue weighted by Gasteiger charge is 2.33. The van der Waals surface area contributed by atoms with Gasteiger partial charge < -0.3 is 9.64 Å². The van der Waals surface area contributed by atoms with Crippen molar-refractivity contribution in [1.82, 2.24) is 4.98 Å². The van der Waals surface area contributed by atoms with Crippen molar-refractivity contribution in [2.24, 2.45) is 0 Å². The first-order chi connectivity index (χ1) is 14.5. The second-order valence-corrected chi connectivity index (χ2v) is 10.1. The van der Waals surface area contributed by atoms with Crippen LogP contribution in [0.3, 0.4) is 0 Å². The van der Waals surface area contributed by atoms with Gasteiger partial charge in [0.05, 0.1) is 28.5 Å². The van der Waals surface area contributed by atoms with E-state index in [9.17, 15) is 13.7 Å². The maximum atomic E-state index is 13.1. The molecule has 0 N–H and O–H groups in total. The van der Waals surface area contributed by atoms with Crippen LogP contribution in [0.1, 0.15) is 18.4 Å². The van der Waals surface area contributed by atoms with E-state index >= 15 is 0 Å². The Kier molecular flexibility index (Phi) is 5.75. The molecule has 1 saturated heterocycles. The highest BCUT2D eigenvalue weighted by atomic mass is 32.2. The lowest BCUT2D eigenvalue weighted by atomic mass is 10.1. The number of piperidine rings is 1. The topological polar surface area (TPSA) is 83.3 Å². The first-order valence-electron chi connectivity index (χ1n) is 9.61. The molecule has 2 aromatic carbocycles. The SMILES string of the molecule is COc1cccc(-c2csc(N3CCC(S(=O)(=O)c4ccccc4C#N)CC3)n2)c1. The van der Waals surface area contributed by atoms with Crippen LogP contribution in [0.5, 0.6) is 5.75 Å². The molecule has 0 radical (unpaired) electrons.